The molecule has 16 heavy (non-hydrogen) atoms. The predicted octanol–water partition coefficient (Wildman–Crippen LogP) is 1.89. The van der Waals surface area contributed by atoms with Gasteiger partial charge in [0, 0.05) is 19.0 Å². The average Bonchev–Trinajstić information content (AvgIpc) is 2.38. The normalized spacial score (nSPS) is 17.3. The summed E-state index contributed by atoms with van der Waals surface area (Å²) in [4.78, 5) is 8.52. The maximum Gasteiger partial charge on any atom is 0.115 e. The van der Waals surface area contributed by atoms with Crippen LogP contribution in [-0.4, -0.2) is 23.1 Å². The molecule has 0 saturated heterocycles. The van der Waals surface area contributed by atoms with Crippen LogP contribution in [0.3, 0.4) is 0 Å². The highest BCUT2D eigenvalue weighted by molar-refractivity contribution is 5.47. The van der Waals surface area contributed by atoms with Gasteiger partial charge in [-0.15, -0.1) is 0 Å². The van der Waals surface area contributed by atoms with E-state index in [2.05, 4.69) is 15.3 Å². The number of hydrogen-bond donors (Lipinski definition) is 2. The van der Waals surface area contributed by atoms with Crippen LogP contribution >= 0.6 is 0 Å². The van der Waals surface area contributed by atoms with Crippen LogP contribution in [-0.2, 0) is 0 Å². The fraction of sp³-hybridized carbons (Fsp3) is 0.667. The van der Waals surface area contributed by atoms with Gasteiger partial charge in [0.25, 0.3) is 0 Å². The number of aromatic nitrogens is 2. The molecule has 0 amide bonds. The van der Waals surface area contributed by atoms with E-state index in [9.17, 15) is 0 Å². The molecule has 1 saturated carbocycles. The minimum absolute atomic E-state index is 0.608. The lowest BCUT2D eigenvalue weighted by atomic mass is 9.86. The van der Waals surface area contributed by atoms with Crippen LogP contribution in [0.4, 0.5) is 5.69 Å². The zero-order valence-corrected chi connectivity index (χ0v) is 9.65. The maximum absolute atomic E-state index is 5.50. The second kappa shape index (κ2) is 5.80. The third-order valence-corrected chi connectivity index (χ3v) is 3.19. The van der Waals surface area contributed by atoms with E-state index in [4.69, 9.17) is 5.73 Å². The molecular weight excluding hydrogens is 200 g/mol. The third kappa shape index (κ3) is 2.70. The smallest absolute Gasteiger partial charge is 0.115 e. The summed E-state index contributed by atoms with van der Waals surface area (Å²) in [6.07, 6.45) is 10.1. The van der Waals surface area contributed by atoms with Crippen LogP contribution in [0.1, 0.15) is 43.7 Å². The Bertz CT molecular complexity index is 321. The Morgan fingerprint density at radius 2 is 2.12 bits per heavy atom. The molecular formula is C12H20N4. The second-order valence-corrected chi connectivity index (χ2v) is 4.37. The Morgan fingerprint density at radius 1 is 1.31 bits per heavy atom. The molecule has 2 rings (SSSR count). The van der Waals surface area contributed by atoms with E-state index in [1.54, 1.807) is 6.33 Å². The minimum Gasteiger partial charge on any atom is -0.381 e. The summed E-state index contributed by atoms with van der Waals surface area (Å²) in [6.45, 7) is 1.42. The van der Waals surface area contributed by atoms with Gasteiger partial charge in [-0.25, -0.2) is 9.97 Å². The first kappa shape index (κ1) is 11.3. The first-order valence-corrected chi connectivity index (χ1v) is 6.15. The molecule has 4 nitrogen and oxygen atoms in total. The van der Waals surface area contributed by atoms with Crippen molar-refractivity contribution in [3.05, 3.63) is 18.2 Å². The summed E-state index contributed by atoms with van der Waals surface area (Å²) in [5, 5.41) is 3.31. The van der Waals surface area contributed by atoms with Crippen LogP contribution < -0.4 is 11.1 Å². The van der Waals surface area contributed by atoms with E-state index < -0.39 is 0 Å². The molecule has 0 spiro atoms. The van der Waals surface area contributed by atoms with Crippen molar-refractivity contribution >= 4 is 5.69 Å². The van der Waals surface area contributed by atoms with Crippen LogP contribution in [0, 0.1) is 0 Å². The zero-order valence-electron chi connectivity index (χ0n) is 9.65. The number of nitrogens with two attached hydrogens (primary N) is 1. The molecule has 1 aromatic heterocycles. The Morgan fingerprint density at radius 3 is 2.88 bits per heavy atom. The van der Waals surface area contributed by atoms with Gasteiger partial charge in [0.1, 0.15) is 6.33 Å². The molecule has 0 atom stereocenters. The quantitative estimate of drug-likeness (QED) is 0.813. The number of rotatable bonds is 4. The van der Waals surface area contributed by atoms with Crippen LogP contribution in [0.2, 0.25) is 0 Å². The first-order chi connectivity index (χ1) is 7.92. The van der Waals surface area contributed by atoms with Crippen molar-refractivity contribution in [2.45, 2.75) is 38.0 Å². The van der Waals surface area contributed by atoms with Gasteiger partial charge < -0.3 is 11.1 Å². The van der Waals surface area contributed by atoms with Crippen molar-refractivity contribution in [3.8, 4) is 0 Å². The van der Waals surface area contributed by atoms with Gasteiger partial charge in [-0.2, -0.15) is 0 Å². The summed E-state index contributed by atoms with van der Waals surface area (Å²) in [5.41, 5.74) is 7.75. The van der Waals surface area contributed by atoms with Crippen molar-refractivity contribution < 1.29 is 0 Å². The zero-order chi connectivity index (χ0) is 11.2. The highest BCUT2D eigenvalue weighted by Gasteiger charge is 2.19. The van der Waals surface area contributed by atoms with Gasteiger partial charge in [-0.05, 0) is 12.8 Å². The lowest BCUT2D eigenvalue weighted by molar-refractivity contribution is 0.437. The molecule has 1 aliphatic carbocycles. The van der Waals surface area contributed by atoms with Gasteiger partial charge >= 0.3 is 0 Å². The summed E-state index contributed by atoms with van der Waals surface area (Å²) in [6, 6.07) is 0. The van der Waals surface area contributed by atoms with Gasteiger partial charge in [-0.1, -0.05) is 19.3 Å². The third-order valence-electron chi connectivity index (χ3n) is 3.19. The van der Waals surface area contributed by atoms with Crippen molar-refractivity contribution in [1.82, 2.24) is 9.97 Å². The Hall–Kier alpha value is -1.16. The molecule has 0 aromatic carbocycles. The molecule has 1 aliphatic rings. The molecule has 3 N–H and O–H groups in total. The van der Waals surface area contributed by atoms with Crippen molar-refractivity contribution in [3.63, 3.8) is 0 Å². The van der Waals surface area contributed by atoms with Crippen LogP contribution in [0.25, 0.3) is 0 Å². The molecule has 0 radical (unpaired) electrons. The predicted molar refractivity (Wildman–Crippen MR) is 65.4 cm³/mol. The van der Waals surface area contributed by atoms with E-state index in [0.717, 1.165) is 12.2 Å². The topological polar surface area (TPSA) is 63.8 Å². The maximum atomic E-state index is 5.50. The summed E-state index contributed by atoms with van der Waals surface area (Å²) in [5.74, 6) is 0.608. The van der Waals surface area contributed by atoms with E-state index in [1.165, 1.54) is 37.8 Å². The van der Waals surface area contributed by atoms with Crippen molar-refractivity contribution in [2.75, 3.05) is 18.4 Å². The molecule has 1 fully saturated rings. The van der Waals surface area contributed by atoms with E-state index >= 15 is 0 Å². The molecule has 1 heterocycles. The molecule has 4 heteroatoms. The molecule has 0 bridgehead atoms. The molecule has 0 aliphatic heterocycles. The Labute approximate surface area is 96.7 Å². The SMILES string of the molecule is NCCNc1cncnc1C1CCCCC1. The lowest BCUT2D eigenvalue weighted by Crippen LogP contribution is -2.16. The monoisotopic (exact) mass is 220 g/mol. The van der Waals surface area contributed by atoms with Gasteiger partial charge in [0.05, 0.1) is 17.6 Å². The molecule has 88 valence electrons. The first-order valence-electron chi connectivity index (χ1n) is 6.15. The summed E-state index contributed by atoms with van der Waals surface area (Å²) in [7, 11) is 0. The van der Waals surface area contributed by atoms with Crippen molar-refractivity contribution in [1.29, 1.82) is 0 Å². The number of nitrogens with zero attached hydrogens (tertiary/aromatic N) is 2. The van der Waals surface area contributed by atoms with E-state index in [0.29, 0.717) is 12.5 Å². The fourth-order valence-electron chi connectivity index (χ4n) is 2.38. The average molecular weight is 220 g/mol. The van der Waals surface area contributed by atoms with Gasteiger partial charge in [0.2, 0.25) is 0 Å². The lowest BCUT2D eigenvalue weighted by Gasteiger charge is -2.23. The highest BCUT2D eigenvalue weighted by Crippen LogP contribution is 2.34. The van der Waals surface area contributed by atoms with E-state index in [1.807, 2.05) is 6.20 Å². The number of hydrogen-bond acceptors (Lipinski definition) is 4. The second-order valence-electron chi connectivity index (χ2n) is 4.37. The van der Waals surface area contributed by atoms with E-state index in [-0.39, 0.29) is 0 Å². The fourth-order valence-corrected chi connectivity index (χ4v) is 2.38. The summed E-state index contributed by atoms with van der Waals surface area (Å²) < 4.78 is 0. The van der Waals surface area contributed by atoms with Crippen LogP contribution in [0.15, 0.2) is 12.5 Å². The summed E-state index contributed by atoms with van der Waals surface area (Å²) >= 11 is 0. The number of nitrogens with one attached hydrogen (secondary N) is 1. The molecule has 0 unspecified atom stereocenters. The Kier molecular flexibility index (Phi) is 4.10. The van der Waals surface area contributed by atoms with Gasteiger partial charge in [0.15, 0.2) is 0 Å². The Balaban J connectivity index is 2.11. The molecule has 1 aromatic rings. The highest BCUT2D eigenvalue weighted by atomic mass is 15.0. The van der Waals surface area contributed by atoms with Crippen molar-refractivity contribution in [2.24, 2.45) is 5.73 Å². The van der Waals surface area contributed by atoms with Gasteiger partial charge in [-0.3, -0.25) is 0 Å². The van der Waals surface area contributed by atoms with Crippen LogP contribution in [0.5, 0.6) is 0 Å². The standard InChI is InChI=1S/C12H20N4/c13-6-7-15-11-8-14-9-16-12(11)10-4-2-1-3-5-10/h8-10,15H,1-7,13H2. The largest absolute Gasteiger partial charge is 0.381 e. The number of anilines is 1. The minimum atomic E-state index is 0.608.